The number of nitrogens with zero attached hydrogens (tertiary/aromatic N) is 1. The van der Waals surface area contributed by atoms with Crippen LogP contribution in [0, 0.1) is 6.92 Å². The maximum absolute atomic E-state index is 12.4. The number of aromatic nitrogens is 1. The first-order valence-corrected chi connectivity index (χ1v) is 9.54. The lowest BCUT2D eigenvalue weighted by Crippen LogP contribution is -2.35. The molecule has 4 rings (SSSR count). The van der Waals surface area contributed by atoms with Gasteiger partial charge < -0.3 is 19.4 Å². The molecule has 0 fully saturated rings. The average molecular weight is 390 g/mol. The van der Waals surface area contributed by atoms with E-state index in [0.29, 0.717) is 18.6 Å². The monoisotopic (exact) mass is 390 g/mol. The van der Waals surface area contributed by atoms with E-state index in [1.807, 2.05) is 66.3 Å². The summed E-state index contributed by atoms with van der Waals surface area (Å²) in [4.78, 5) is 24.8. The molecule has 0 aliphatic carbocycles. The number of ether oxygens (including phenoxy) is 2. The molecular weight excluding hydrogens is 368 g/mol. The van der Waals surface area contributed by atoms with Crippen LogP contribution in [0.2, 0.25) is 0 Å². The highest BCUT2D eigenvalue weighted by molar-refractivity contribution is 5.92. The number of amides is 1. The van der Waals surface area contributed by atoms with Gasteiger partial charge in [-0.1, -0.05) is 24.3 Å². The Morgan fingerprint density at radius 1 is 1.14 bits per heavy atom. The van der Waals surface area contributed by atoms with E-state index >= 15 is 0 Å². The highest BCUT2D eigenvalue weighted by Crippen LogP contribution is 2.31. The van der Waals surface area contributed by atoms with Gasteiger partial charge in [-0.25, -0.2) is 4.79 Å². The molecule has 2 aromatic carbocycles. The van der Waals surface area contributed by atoms with Crippen molar-refractivity contribution in [3.8, 4) is 11.4 Å². The van der Waals surface area contributed by atoms with E-state index in [-0.39, 0.29) is 18.6 Å². The summed E-state index contributed by atoms with van der Waals surface area (Å²) in [7, 11) is 0. The molecule has 148 valence electrons. The molecule has 0 bridgehead atoms. The van der Waals surface area contributed by atoms with E-state index in [4.69, 9.17) is 9.47 Å². The maximum atomic E-state index is 12.4. The first kappa shape index (κ1) is 18.8. The van der Waals surface area contributed by atoms with Gasteiger partial charge in [0.25, 0.3) is 5.91 Å². The Balaban J connectivity index is 1.38. The molecule has 1 unspecified atom stereocenters. The van der Waals surface area contributed by atoms with Crippen LogP contribution in [0.5, 0.6) is 5.75 Å². The van der Waals surface area contributed by atoms with Gasteiger partial charge in [-0.3, -0.25) is 4.79 Å². The molecule has 1 aromatic heterocycles. The van der Waals surface area contributed by atoms with Gasteiger partial charge >= 0.3 is 5.97 Å². The molecule has 1 N–H and O–H groups in total. The number of fused-ring (bicyclic) bond motifs is 1. The van der Waals surface area contributed by atoms with Crippen molar-refractivity contribution in [1.29, 1.82) is 0 Å². The Labute approximate surface area is 169 Å². The van der Waals surface area contributed by atoms with E-state index in [0.717, 1.165) is 22.6 Å². The second-order valence-corrected chi connectivity index (χ2v) is 6.96. The molecule has 2 heterocycles. The second kappa shape index (κ2) is 8.22. The normalized spacial score (nSPS) is 15.1. The number of hydrogen-bond acceptors (Lipinski definition) is 4. The van der Waals surface area contributed by atoms with E-state index in [1.54, 1.807) is 12.1 Å². The lowest BCUT2D eigenvalue weighted by atomic mass is 10.0. The van der Waals surface area contributed by atoms with Crippen molar-refractivity contribution in [3.05, 3.63) is 83.7 Å². The summed E-state index contributed by atoms with van der Waals surface area (Å²) in [6.45, 7) is 2.18. The van der Waals surface area contributed by atoms with Crippen LogP contribution in [0.4, 0.5) is 0 Å². The van der Waals surface area contributed by atoms with Crippen molar-refractivity contribution in [1.82, 2.24) is 9.88 Å². The predicted octanol–water partition coefficient (Wildman–Crippen LogP) is 3.58. The molecule has 3 aromatic rings. The van der Waals surface area contributed by atoms with Gasteiger partial charge in [-0.2, -0.15) is 0 Å². The number of carbonyl (C=O) groups is 2. The van der Waals surface area contributed by atoms with Gasteiger partial charge in [0.2, 0.25) is 0 Å². The molecule has 1 amide bonds. The molecule has 0 radical (unpaired) electrons. The third kappa shape index (κ3) is 4.16. The van der Waals surface area contributed by atoms with Crippen molar-refractivity contribution in [2.75, 3.05) is 13.2 Å². The number of nitrogens with one attached hydrogen (secondary N) is 1. The smallest absolute Gasteiger partial charge is 0.338 e. The van der Waals surface area contributed by atoms with E-state index in [1.165, 1.54) is 0 Å². The van der Waals surface area contributed by atoms with Crippen LogP contribution in [0.1, 0.15) is 33.9 Å². The first-order valence-electron chi connectivity index (χ1n) is 9.54. The van der Waals surface area contributed by atoms with Gasteiger partial charge in [0.1, 0.15) is 5.75 Å². The lowest BCUT2D eigenvalue weighted by Gasteiger charge is -2.26. The Hall–Kier alpha value is -3.54. The highest BCUT2D eigenvalue weighted by Gasteiger charge is 2.23. The van der Waals surface area contributed by atoms with Gasteiger partial charge in [-0.15, -0.1) is 0 Å². The van der Waals surface area contributed by atoms with Crippen LogP contribution in [-0.2, 0) is 9.53 Å². The quantitative estimate of drug-likeness (QED) is 0.676. The van der Waals surface area contributed by atoms with Crippen molar-refractivity contribution in [2.45, 2.75) is 19.4 Å². The zero-order valence-electron chi connectivity index (χ0n) is 16.1. The highest BCUT2D eigenvalue weighted by atomic mass is 16.5. The minimum Gasteiger partial charge on any atom is -0.493 e. The number of benzene rings is 2. The fourth-order valence-corrected chi connectivity index (χ4v) is 3.45. The van der Waals surface area contributed by atoms with Crippen molar-refractivity contribution < 1.29 is 19.1 Å². The predicted molar refractivity (Wildman–Crippen MR) is 108 cm³/mol. The third-order valence-electron chi connectivity index (χ3n) is 4.96. The third-order valence-corrected chi connectivity index (χ3v) is 4.96. The molecule has 6 heteroatoms. The van der Waals surface area contributed by atoms with Crippen molar-refractivity contribution in [3.63, 3.8) is 0 Å². The topological polar surface area (TPSA) is 69.6 Å². The maximum Gasteiger partial charge on any atom is 0.338 e. The summed E-state index contributed by atoms with van der Waals surface area (Å²) in [6.07, 6.45) is 4.50. The molecule has 1 atom stereocenters. The number of hydrogen-bond donors (Lipinski definition) is 1. The number of esters is 1. The van der Waals surface area contributed by atoms with E-state index < -0.39 is 5.97 Å². The molecule has 1 aliphatic rings. The molecule has 1 aliphatic heterocycles. The second-order valence-electron chi connectivity index (χ2n) is 6.96. The molecule has 29 heavy (non-hydrogen) atoms. The van der Waals surface area contributed by atoms with Gasteiger partial charge in [0.05, 0.1) is 18.2 Å². The fourth-order valence-electron chi connectivity index (χ4n) is 3.45. The van der Waals surface area contributed by atoms with E-state index in [2.05, 4.69) is 5.32 Å². The zero-order valence-corrected chi connectivity index (χ0v) is 16.1. The average Bonchev–Trinajstić information content (AvgIpc) is 3.27. The zero-order chi connectivity index (χ0) is 20.2. The lowest BCUT2D eigenvalue weighted by molar-refractivity contribution is -0.125. The summed E-state index contributed by atoms with van der Waals surface area (Å²) in [5, 5.41) is 2.92. The van der Waals surface area contributed by atoms with Crippen LogP contribution in [0.3, 0.4) is 0 Å². The number of aryl methyl sites for hydroxylation is 1. The number of para-hydroxylation sites is 1. The molecule has 0 spiro atoms. The van der Waals surface area contributed by atoms with Crippen LogP contribution in [-0.4, -0.2) is 29.7 Å². The Kier molecular flexibility index (Phi) is 5.33. The SMILES string of the molecule is Cc1ccc(C(=O)OCC(=O)NC2CCOc3ccccc32)cc1-n1cccc1. The van der Waals surface area contributed by atoms with Gasteiger partial charge in [0.15, 0.2) is 6.61 Å². The summed E-state index contributed by atoms with van der Waals surface area (Å²) >= 11 is 0. The Bertz CT molecular complexity index is 1030. The molecule has 0 saturated carbocycles. The molecule has 0 saturated heterocycles. The first-order chi connectivity index (χ1) is 14.1. The standard InChI is InChI=1S/C23H22N2O4/c1-16-8-9-17(14-20(16)25-11-4-5-12-25)23(27)29-15-22(26)24-19-10-13-28-21-7-3-2-6-18(19)21/h2-9,11-12,14,19H,10,13,15H2,1H3,(H,24,26). The fraction of sp³-hybridized carbons (Fsp3) is 0.217. The largest absolute Gasteiger partial charge is 0.493 e. The van der Waals surface area contributed by atoms with Crippen LogP contribution in [0.25, 0.3) is 5.69 Å². The van der Waals surface area contributed by atoms with Crippen LogP contribution >= 0.6 is 0 Å². The van der Waals surface area contributed by atoms with Crippen LogP contribution < -0.4 is 10.1 Å². The van der Waals surface area contributed by atoms with Crippen molar-refractivity contribution in [2.24, 2.45) is 0 Å². The van der Waals surface area contributed by atoms with Gasteiger partial charge in [0, 0.05) is 30.1 Å². The summed E-state index contributed by atoms with van der Waals surface area (Å²) in [6, 6.07) is 16.7. The number of carbonyl (C=O) groups excluding carboxylic acids is 2. The number of rotatable bonds is 5. The minimum absolute atomic E-state index is 0.147. The molecule has 6 nitrogen and oxygen atoms in total. The Morgan fingerprint density at radius 3 is 2.76 bits per heavy atom. The summed E-state index contributed by atoms with van der Waals surface area (Å²) < 4.78 is 12.8. The minimum atomic E-state index is -0.527. The summed E-state index contributed by atoms with van der Waals surface area (Å²) in [5.41, 5.74) is 3.28. The Morgan fingerprint density at radius 2 is 1.93 bits per heavy atom. The van der Waals surface area contributed by atoms with Crippen LogP contribution in [0.15, 0.2) is 67.0 Å². The van der Waals surface area contributed by atoms with Crippen molar-refractivity contribution >= 4 is 11.9 Å². The van der Waals surface area contributed by atoms with Gasteiger partial charge in [-0.05, 0) is 42.8 Å². The molecular formula is C23H22N2O4. The van der Waals surface area contributed by atoms with E-state index in [9.17, 15) is 9.59 Å². The summed E-state index contributed by atoms with van der Waals surface area (Å²) in [5.74, 6) is -0.0861.